The maximum atomic E-state index is 10.7. The van der Waals surface area contributed by atoms with Crippen LogP contribution >= 0.6 is 0 Å². The molecule has 0 aliphatic carbocycles. The Morgan fingerprint density at radius 1 is 1.24 bits per heavy atom. The second-order valence-corrected chi connectivity index (χ2v) is 4.94. The van der Waals surface area contributed by atoms with E-state index in [4.69, 9.17) is 14.6 Å². The SMILES string of the molecule is COCCCOCCN(CC(=O)O)C(C)(C)C. The molecule has 0 bridgehead atoms. The molecule has 17 heavy (non-hydrogen) atoms. The molecule has 0 aliphatic heterocycles. The van der Waals surface area contributed by atoms with Gasteiger partial charge in [-0.2, -0.15) is 0 Å². The predicted octanol–water partition coefficient (Wildman–Crippen LogP) is 1.22. The molecule has 0 rings (SSSR count). The standard InChI is InChI=1S/C12H25NO4/c1-12(2,3)13(10-11(14)15)6-9-17-8-5-7-16-4/h5-10H2,1-4H3,(H,14,15). The number of carboxylic acids is 1. The number of nitrogens with zero attached hydrogens (tertiary/aromatic N) is 1. The molecule has 0 aromatic carbocycles. The molecule has 0 saturated heterocycles. The Labute approximate surface area is 104 Å². The highest BCUT2D eigenvalue weighted by atomic mass is 16.5. The summed E-state index contributed by atoms with van der Waals surface area (Å²) in [4.78, 5) is 12.6. The first kappa shape index (κ1) is 16.4. The van der Waals surface area contributed by atoms with E-state index in [1.165, 1.54) is 0 Å². The summed E-state index contributed by atoms with van der Waals surface area (Å²) in [5, 5.41) is 8.82. The zero-order valence-electron chi connectivity index (χ0n) is 11.4. The Morgan fingerprint density at radius 2 is 1.88 bits per heavy atom. The number of carbonyl (C=O) groups is 1. The lowest BCUT2D eigenvalue weighted by molar-refractivity contribution is -0.140. The molecule has 0 radical (unpaired) electrons. The van der Waals surface area contributed by atoms with Crippen LogP contribution in [0, 0.1) is 0 Å². The first-order valence-corrected chi connectivity index (χ1v) is 5.91. The van der Waals surface area contributed by atoms with Crippen molar-refractivity contribution < 1.29 is 19.4 Å². The molecule has 5 heteroatoms. The van der Waals surface area contributed by atoms with Crippen molar-refractivity contribution >= 4 is 5.97 Å². The lowest BCUT2D eigenvalue weighted by atomic mass is 10.1. The van der Waals surface area contributed by atoms with Crippen LogP contribution in [-0.2, 0) is 14.3 Å². The van der Waals surface area contributed by atoms with Crippen LogP contribution in [0.25, 0.3) is 0 Å². The van der Waals surface area contributed by atoms with Crippen molar-refractivity contribution in [2.24, 2.45) is 0 Å². The minimum atomic E-state index is -0.806. The van der Waals surface area contributed by atoms with Gasteiger partial charge in [0.25, 0.3) is 0 Å². The zero-order chi connectivity index (χ0) is 13.3. The molecular formula is C12H25NO4. The lowest BCUT2D eigenvalue weighted by Crippen LogP contribution is -2.46. The Balaban J connectivity index is 3.81. The normalized spacial score (nSPS) is 12.1. The third-order valence-corrected chi connectivity index (χ3v) is 2.42. The molecular weight excluding hydrogens is 222 g/mol. The van der Waals surface area contributed by atoms with E-state index in [2.05, 4.69) is 0 Å². The van der Waals surface area contributed by atoms with E-state index in [1.807, 2.05) is 25.7 Å². The summed E-state index contributed by atoms with van der Waals surface area (Å²) in [5.74, 6) is -0.806. The summed E-state index contributed by atoms with van der Waals surface area (Å²) in [7, 11) is 1.66. The Morgan fingerprint density at radius 3 is 2.35 bits per heavy atom. The van der Waals surface area contributed by atoms with E-state index in [-0.39, 0.29) is 12.1 Å². The maximum Gasteiger partial charge on any atom is 0.317 e. The third kappa shape index (κ3) is 9.09. The number of rotatable bonds is 9. The molecule has 0 spiro atoms. The van der Waals surface area contributed by atoms with E-state index < -0.39 is 5.97 Å². The molecule has 0 aromatic rings. The molecule has 0 amide bonds. The Hall–Kier alpha value is -0.650. The average Bonchev–Trinajstić information content (AvgIpc) is 2.19. The van der Waals surface area contributed by atoms with Gasteiger partial charge in [0.2, 0.25) is 0 Å². The van der Waals surface area contributed by atoms with E-state index in [0.717, 1.165) is 6.42 Å². The van der Waals surface area contributed by atoms with Crippen LogP contribution in [0.1, 0.15) is 27.2 Å². The highest BCUT2D eigenvalue weighted by molar-refractivity contribution is 5.69. The van der Waals surface area contributed by atoms with Crippen molar-refractivity contribution in [3.8, 4) is 0 Å². The molecule has 0 atom stereocenters. The monoisotopic (exact) mass is 247 g/mol. The summed E-state index contributed by atoms with van der Waals surface area (Å²) in [5.41, 5.74) is -0.158. The van der Waals surface area contributed by atoms with Crippen LogP contribution in [-0.4, -0.2) is 61.5 Å². The van der Waals surface area contributed by atoms with Gasteiger partial charge in [-0.15, -0.1) is 0 Å². The highest BCUT2D eigenvalue weighted by Crippen LogP contribution is 2.12. The number of ether oxygens (including phenoxy) is 2. The van der Waals surface area contributed by atoms with Crippen LogP contribution in [0.4, 0.5) is 0 Å². The molecule has 0 heterocycles. The first-order chi connectivity index (χ1) is 7.88. The predicted molar refractivity (Wildman–Crippen MR) is 66.3 cm³/mol. The van der Waals surface area contributed by atoms with Crippen molar-refractivity contribution in [2.75, 3.05) is 40.0 Å². The van der Waals surface area contributed by atoms with E-state index in [1.54, 1.807) is 7.11 Å². The topological polar surface area (TPSA) is 59.0 Å². The van der Waals surface area contributed by atoms with Crippen LogP contribution in [0.2, 0.25) is 0 Å². The minimum Gasteiger partial charge on any atom is -0.480 e. The summed E-state index contributed by atoms with van der Waals surface area (Å²) >= 11 is 0. The van der Waals surface area contributed by atoms with E-state index in [9.17, 15) is 4.79 Å². The first-order valence-electron chi connectivity index (χ1n) is 5.91. The Bertz CT molecular complexity index is 213. The van der Waals surface area contributed by atoms with Gasteiger partial charge in [0.05, 0.1) is 13.2 Å². The van der Waals surface area contributed by atoms with Gasteiger partial charge in [-0.05, 0) is 27.2 Å². The van der Waals surface area contributed by atoms with Crippen molar-refractivity contribution in [1.82, 2.24) is 4.90 Å². The van der Waals surface area contributed by atoms with Gasteiger partial charge < -0.3 is 14.6 Å². The molecule has 1 N–H and O–H groups in total. The van der Waals surface area contributed by atoms with Crippen LogP contribution in [0.3, 0.4) is 0 Å². The second-order valence-electron chi connectivity index (χ2n) is 4.94. The fourth-order valence-electron chi connectivity index (χ4n) is 1.40. The smallest absolute Gasteiger partial charge is 0.317 e. The molecule has 0 fully saturated rings. The molecule has 0 unspecified atom stereocenters. The Kier molecular flexibility index (Phi) is 8.12. The number of aliphatic carboxylic acids is 1. The fourth-order valence-corrected chi connectivity index (χ4v) is 1.40. The van der Waals surface area contributed by atoms with E-state index >= 15 is 0 Å². The zero-order valence-corrected chi connectivity index (χ0v) is 11.4. The van der Waals surface area contributed by atoms with Gasteiger partial charge in [-0.25, -0.2) is 0 Å². The van der Waals surface area contributed by atoms with Gasteiger partial charge >= 0.3 is 5.97 Å². The average molecular weight is 247 g/mol. The van der Waals surface area contributed by atoms with Gasteiger partial charge in [0.1, 0.15) is 0 Å². The quantitative estimate of drug-likeness (QED) is 0.621. The summed E-state index contributed by atoms with van der Waals surface area (Å²) in [6.07, 6.45) is 0.866. The highest BCUT2D eigenvalue weighted by Gasteiger charge is 2.22. The van der Waals surface area contributed by atoms with E-state index in [0.29, 0.717) is 26.4 Å². The summed E-state index contributed by atoms with van der Waals surface area (Å²) < 4.78 is 10.3. The van der Waals surface area contributed by atoms with Crippen molar-refractivity contribution in [1.29, 1.82) is 0 Å². The molecule has 0 aromatic heterocycles. The summed E-state index contributed by atoms with van der Waals surface area (Å²) in [6.45, 7) is 8.57. The number of methoxy groups -OCH3 is 1. The van der Waals surface area contributed by atoms with Crippen LogP contribution in [0.5, 0.6) is 0 Å². The second kappa shape index (κ2) is 8.44. The number of hydrogen-bond donors (Lipinski definition) is 1. The molecule has 0 aliphatic rings. The van der Waals surface area contributed by atoms with Crippen molar-refractivity contribution in [2.45, 2.75) is 32.7 Å². The largest absolute Gasteiger partial charge is 0.480 e. The number of hydrogen-bond acceptors (Lipinski definition) is 4. The third-order valence-electron chi connectivity index (χ3n) is 2.42. The number of carboxylic acid groups (broad SMARTS) is 1. The van der Waals surface area contributed by atoms with Crippen LogP contribution < -0.4 is 0 Å². The van der Waals surface area contributed by atoms with Crippen LogP contribution in [0.15, 0.2) is 0 Å². The lowest BCUT2D eigenvalue weighted by Gasteiger charge is -2.34. The van der Waals surface area contributed by atoms with Gasteiger partial charge in [0.15, 0.2) is 0 Å². The molecule has 102 valence electrons. The van der Waals surface area contributed by atoms with Gasteiger partial charge in [-0.1, -0.05) is 0 Å². The molecule has 0 saturated carbocycles. The summed E-state index contributed by atoms with van der Waals surface area (Å²) in [6, 6.07) is 0. The van der Waals surface area contributed by atoms with Gasteiger partial charge in [-0.3, -0.25) is 9.69 Å². The van der Waals surface area contributed by atoms with Gasteiger partial charge in [0, 0.05) is 32.4 Å². The maximum absolute atomic E-state index is 10.7. The van der Waals surface area contributed by atoms with Crippen molar-refractivity contribution in [3.05, 3.63) is 0 Å². The minimum absolute atomic E-state index is 0.0466. The fraction of sp³-hybridized carbons (Fsp3) is 0.917. The molecule has 5 nitrogen and oxygen atoms in total. The van der Waals surface area contributed by atoms with Crippen molar-refractivity contribution in [3.63, 3.8) is 0 Å².